The van der Waals surface area contributed by atoms with Gasteiger partial charge < -0.3 is 0 Å². The maximum atomic E-state index is 7.99. The summed E-state index contributed by atoms with van der Waals surface area (Å²) in [5.74, 6) is 5.58. The van der Waals surface area contributed by atoms with Gasteiger partial charge in [-0.05, 0) is 17.7 Å². The zero-order chi connectivity index (χ0) is 9.52. The summed E-state index contributed by atoms with van der Waals surface area (Å²) < 4.78 is 0. The molecule has 13 heavy (non-hydrogen) atoms. The fourth-order valence-corrected chi connectivity index (χ4v) is 0.998. The summed E-state index contributed by atoms with van der Waals surface area (Å²) in [5, 5.41) is 3.30. The molecule has 0 bridgehead atoms. The van der Waals surface area contributed by atoms with E-state index in [1.54, 1.807) is 0 Å². The third-order valence-corrected chi connectivity index (χ3v) is 1.73. The molecule has 0 amide bonds. The maximum Gasteiger partial charge on any atom is 0.0880 e. The number of hydrogen-bond acceptors (Lipinski definition) is 2. The van der Waals surface area contributed by atoms with Gasteiger partial charge in [-0.1, -0.05) is 29.1 Å². The summed E-state index contributed by atoms with van der Waals surface area (Å²) in [6.45, 7) is 0.193. The molecule has 0 aliphatic carbocycles. The molecule has 0 aliphatic heterocycles. The van der Waals surface area contributed by atoms with Crippen molar-refractivity contribution in [3.05, 3.63) is 40.3 Å². The van der Waals surface area contributed by atoms with Gasteiger partial charge in [0.05, 0.1) is 6.54 Å². The molecule has 0 saturated carbocycles. The standard InChI is InChI=1S/C9H7N3S/c10-12-11-7-3-5-8-4-1-2-6-9(8)13/h1-2,4,6,13H,7H2. The van der Waals surface area contributed by atoms with Gasteiger partial charge in [0.2, 0.25) is 0 Å². The Morgan fingerprint density at radius 1 is 1.46 bits per heavy atom. The van der Waals surface area contributed by atoms with Crippen LogP contribution >= 0.6 is 12.6 Å². The van der Waals surface area contributed by atoms with Crippen molar-refractivity contribution in [2.75, 3.05) is 6.54 Å². The summed E-state index contributed by atoms with van der Waals surface area (Å²) in [6.07, 6.45) is 0. The zero-order valence-electron chi connectivity index (χ0n) is 6.81. The van der Waals surface area contributed by atoms with Crippen LogP contribution in [0.15, 0.2) is 34.3 Å². The zero-order valence-corrected chi connectivity index (χ0v) is 7.70. The van der Waals surface area contributed by atoms with E-state index in [-0.39, 0.29) is 6.54 Å². The van der Waals surface area contributed by atoms with Crippen LogP contribution in [-0.4, -0.2) is 6.54 Å². The van der Waals surface area contributed by atoms with E-state index in [0.29, 0.717) is 0 Å². The smallest absolute Gasteiger partial charge is 0.0880 e. The lowest BCUT2D eigenvalue weighted by molar-refractivity contribution is 1.25. The highest BCUT2D eigenvalue weighted by molar-refractivity contribution is 7.80. The lowest BCUT2D eigenvalue weighted by Crippen LogP contribution is -1.77. The van der Waals surface area contributed by atoms with E-state index >= 15 is 0 Å². The Labute approximate surface area is 81.8 Å². The molecular formula is C9H7N3S. The Morgan fingerprint density at radius 2 is 2.23 bits per heavy atom. The lowest BCUT2D eigenvalue weighted by Gasteiger charge is -1.92. The largest absolute Gasteiger partial charge is 0.142 e. The Balaban J connectivity index is 2.77. The molecule has 0 saturated heterocycles. The highest BCUT2D eigenvalue weighted by Gasteiger charge is 1.90. The van der Waals surface area contributed by atoms with Crippen LogP contribution in [0.5, 0.6) is 0 Å². The Bertz CT molecular complexity index is 397. The van der Waals surface area contributed by atoms with Crippen molar-refractivity contribution in [1.82, 2.24) is 0 Å². The Morgan fingerprint density at radius 3 is 2.92 bits per heavy atom. The summed E-state index contributed by atoms with van der Waals surface area (Å²) in [5.41, 5.74) is 8.84. The van der Waals surface area contributed by atoms with Crippen LogP contribution in [0.1, 0.15) is 5.56 Å². The average Bonchev–Trinajstić information content (AvgIpc) is 2.15. The van der Waals surface area contributed by atoms with Crippen molar-refractivity contribution in [3.63, 3.8) is 0 Å². The molecule has 1 aromatic carbocycles. The third-order valence-electron chi connectivity index (χ3n) is 1.34. The van der Waals surface area contributed by atoms with Gasteiger partial charge in [0.1, 0.15) is 0 Å². The second-order valence-corrected chi connectivity index (χ2v) is 2.69. The van der Waals surface area contributed by atoms with E-state index in [9.17, 15) is 0 Å². The van der Waals surface area contributed by atoms with E-state index in [1.165, 1.54) is 0 Å². The average molecular weight is 189 g/mol. The van der Waals surface area contributed by atoms with Crippen LogP contribution in [0, 0.1) is 11.8 Å². The van der Waals surface area contributed by atoms with Crippen molar-refractivity contribution in [2.45, 2.75) is 4.90 Å². The fraction of sp³-hybridized carbons (Fsp3) is 0.111. The molecule has 0 aromatic heterocycles. The van der Waals surface area contributed by atoms with Crippen molar-refractivity contribution in [1.29, 1.82) is 0 Å². The quantitative estimate of drug-likeness (QED) is 0.232. The number of hydrogen-bond donors (Lipinski definition) is 1. The number of azide groups is 1. The highest BCUT2D eigenvalue weighted by Crippen LogP contribution is 2.10. The molecule has 4 heteroatoms. The van der Waals surface area contributed by atoms with E-state index in [4.69, 9.17) is 5.53 Å². The lowest BCUT2D eigenvalue weighted by atomic mass is 10.2. The minimum absolute atomic E-state index is 0.193. The minimum Gasteiger partial charge on any atom is -0.142 e. The van der Waals surface area contributed by atoms with Gasteiger partial charge in [-0.15, -0.1) is 12.6 Å². The number of thiol groups is 1. The Kier molecular flexibility index (Phi) is 3.77. The minimum atomic E-state index is 0.193. The predicted octanol–water partition coefficient (Wildman–Crippen LogP) is 2.64. The monoisotopic (exact) mass is 189 g/mol. The number of benzene rings is 1. The van der Waals surface area contributed by atoms with E-state index in [0.717, 1.165) is 10.5 Å². The van der Waals surface area contributed by atoms with Crippen LogP contribution < -0.4 is 0 Å². The molecule has 64 valence electrons. The fourth-order valence-electron chi connectivity index (χ4n) is 0.781. The van der Waals surface area contributed by atoms with Crippen LogP contribution in [-0.2, 0) is 0 Å². The van der Waals surface area contributed by atoms with Crippen LogP contribution in [0.25, 0.3) is 10.4 Å². The van der Waals surface area contributed by atoms with Gasteiger partial charge in [-0.3, -0.25) is 0 Å². The third kappa shape index (κ3) is 3.12. The van der Waals surface area contributed by atoms with Gasteiger partial charge in [0.25, 0.3) is 0 Å². The number of nitrogens with zero attached hydrogens (tertiary/aromatic N) is 3. The molecule has 0 radical (unpaired) electrons. The first-order chi connectivity index (χ1) is 6.34. The second kappa shape index (κ2) is 5.15. The van der Waals surface area contributed by atoms with Crippen molar-refractivity contribution < 1.29 is 0 Å². The topological polar surface area (TPSA) is 48.8 Å². The first-order valence-corrected chi connectivity index (χ1v) is 4.07. The molecule has 0 unspecified atom stereocenters. The predicted molar refractivity (Wildman–Crippen MR) is 54.6 cm³/mol. The molecule has 0 atom stereocenters. The van der Waals surface area contributed by atoms with Gasteiger partial charge in [-0.25, -0.2) is 0 Å². The van der Waals surface area contributed by atoms with E-state index in [2.05, 4.69) is 34.5 Å². The van der Waals surface area contributed by atoms with Crippen molar-refractivity contribution in [2.24, 2.45) is 5.11 Å². The van der Waals surface area contributed by atoms with Gasteiger partial charge in [0.15, 0.2) is 0 Å². The summed E-state index contributed by atoms with van der Waals surface area (Å²) in [7, 11) is 0. The molecular weight excluding hydrogens is 182 g/mol. The van der Waals surface area contributed by atoms with Crippen molar-refractivity contribution in [3.8, 4) is 11.8 Å². The maximum absolute atomic E-state index is 7.99. The summed E-state index contributed by atoms with van der Waals surface area (Å²) in [4.78, 5) is 3.42. The Hall–Kier alpha value is -1.56. The first-order valence-electron chi connectivity index (χ1n) is 3.62. The van der Waals surface area contributed by atoms with Crippen LogP contribution in [0.4, 0.5) is 0 Å². The van der Waals surface area contributed by atoms with Crippen LogP contribution in [0.3, 0.4) is 0 Å². The normalized spacial score (nSPS) is 8.08. The molecule has 3 nitrogen and oxygen atoms in total. The molecule has 1 rings (SSSR count). The first kappa shape index (κ1) is 9.53. The highest BCUT2D eigenvalue weighted by atomic mass is 32.1. The molecule has 0 heterocycles. The van der Waals surface area contributed by atoms with Gasteiger partial charge in [-0.2, -0.15) is 0 Å². The van der Waals surface area contributed by atoms with E-state index < -0.39 is 0 Å². The van der Waals surface area contributed by atoms with E-state index in [1.807, 2.05) is 24.3 Å². The summed E-state index contributed by atoms with van der Waals surface area (Å²) in [6, 6.07) is 7.50. The van der Waals surface area contributed by atoms with Gasteiger partial charge in [0, 0.05) is 15.4 Å². The molecule has 0 N–H and O–H groups in total. The SMILES string of the molecule is [N-]=[N+]=NCC#Cc1ccccc1S. The molecule has 0 spiro atoms. The van der Waals surface area contributed by atoms with Crippen LogP contribution in [0.2, 0.25) is 0 Å². The molecule has 0 fully saturated rings. The molecule has 0 aliphatic rings. The van der Waals surface area contributed by atoms with Crippen molar-refractivity contribution >= 4 is 12.6 Å². The second-order valence-electron chi connectivity index (χ2n) is 2.21. The summed E-state index contributed by atoms with van der Waals surface area (Å²) >= 11 is 4.22. The number of rotatable bonds is 1. The molecule has 1 aromatic rings. The van der Waals surface area contributed by atoms with Gasteiger partial charge >= 0.3 is 0 Å².